The Hall–Kier alpha value is -2.07. The van der Waals surface area contributed by atoms with Gasteiger partial charge >= 0.3 is 0 Å². The molecule has 2 fully saturated rings. The van der Waals surface area contributed by atoms with Crippen molar-refractivity contribution in [3.05, 3.63) is 11.8 Å². The molecule has 2 amide bonds. The maximum absolute atomic E-state index is 12.0. The highest BCUT2D eigenvalue weighted by Crippen LogP contribution is 2.09. The lowest BCUT2D eigenvalue weighted by atomic mass is 10.2. The predicted octanol–water partition coefficient (Wildman–Crippen LogP) is -0.572. The third-order valence-electron chi connectivity index (χ3n) is 3.89. The van der Waals surface area contributed by atoms with Gasteiger partial charge in [-0.1, -0.05) is 0 Å². The van der Waals surface area contributed by atoms with Gasteiger partial charge in [0, 0.05) is 58.4 Å². The van der Waals surface area contributed by atoms with Gasteiger partial charge in [-0.15, -0.1) is 0 Å². The molecule has 2 rings (SSSR count). The van der Waals surface area contributed by atoms with Gasteiger partial charge in [0.2, 0.25) is 5.91 Å². The first-order chi connectivity index (χ1) is 10.7. The molecule has 2 heterocycles. The number of carbonyl (C=O) groups excluding carboxylic acids is 2. The monoisotopic (exact) mass is 305 g/mol. The van der Waals surface area contributed by atoms with E-state index in [9.17, 15) is 9.59 Å². The average Bonchev–Trinajstić information content (AvgIpc) is 2.95. The van der Waals surface area contributed by atoms with Crippen molar-refractivity contribution < 1.29 is 9.59 Å². The van der Waals surface area contributed by atoms with Crippen molar-refractivity contribution in [3.63, 3.8) is 0 Å². The van der Waals surface area contributed by atoms with Gasteiger partial charge in [-0.2, -0.15) is 5.26 Å². The van der Waals surface area contributed by atoms with Crippen LogP contribution in [0.1, 0.15) is 19.3 Å². The molecule has 22 heavy (non-hydrogen) atoms. The van der Waals surface area contributed by atoms with Crippen molar-refractivity contribution in [2.24, 2.45) is 0 Å². The fraction of sp³-hybridized carbons (Fsp3) is 0.667. The number of piperazine rings is 1. The molecule has 2 N–H and O–H groups in total. The normalized spacial score (nSPS) is 19.2. The van der Waals surface area contributed by atoms with Crippen LogP contribution in [0.2, 0.25) is 0 Å². The fourth-order valence-corrected chi connectivity index (χ4v) is 2.64. The second kappa shape index (κ2) is 8.39. The number of likely N-dealkylation sites (tertiary alicyclic amines) is 1. The van der Waals surface area contributed by atoms with Gasteiger partial charge in [-0.25, -0.2) is 0 Å². The van der Waals surface area contributed by atoms with Gasteiger partial charge in [0.25, 0.3) is 5.91 Å². The molecule has 0 spiro atoms. The lowest BCUT2D eigenvalue weighted by molar-refractivity contribution is -0.127. The quantitative estimate of drug-likeness (QED) is 0.390. The van der Waals surface area contributed by atoms with E-state index < -0.39 is 0 Å². The number of nitrogens with zero attached hydrogens (tertiary/aromatic N) is 3. The number of carbonyl (C=O) groups is 2. The van der Waals surface area contributed by atoms with Crippen LogP contribution in [0.4, 0.5) is 0 Å². The Morgan fingerprint density at radius 3 is 2.77 bits per heavy atom. The van der Waals surface area contributed by atoms with E-state index in [1.807, 2.05) is 15.9 Å². The number of hydrogen-bond acceptors (Lipinski definition) is 5. The molecule has 0 unspecified atom stereocenters. The molecule has 0 bridgehead atoms. The van der Waals surface area contributed by atoms with Crippen molar-refractivity contribution in [1.82, 2.24) is 20.4 Å². The van der Waals surface area contributed by atoms with Crippen LogP contribution in [0.15, 0.2) is 11.8 Å². The number of rotatable bonds is 6. The molecule has 7 heteroatoms. The molecule has 0 radical (unpaired) electrons. The number of amides is 2. The molecule has 0 aromatic carbocycles. The minimum atomic E-state index is -0.339. The summed E-state index contributed by atoms with van der Waals surface area (Å²) in [6, 6.07) is 1.96. The topological polar surface area (TPSA) is 88.5 Å². The highest BCUT2D eigenvalue weighted by Gasteiger charge is 2.19. The van der Waals surface area contributed by atoms with Gasteiger partial charge in [0.1, 0.15) is 11.6 Å². The van der Waals surface area contributed by atoms with E-state index in [2.05, 4.69) is 10.6 Å². The van der Waals surface area contributed by atoms with Crippen molar-refractivity contribution >= 4 is 11.8 Å². The van der Waals surface area contributed by atoms with Crippen LogP contribution in [-0.4, -0.2) is 67.4 Å². The van der Waals surface area contributed by atoms with Crippen LogP contribution in [0.25, 0.3) is 0 Å². The maximum Gasteiger partial charge on any atom is 0.263 e. The summed E-state index contributed by atoms with van der Waals surface area (Å²) in [6.45, 7) is 5.29. The zero-order chi connectivity index (χ0) is 15.8. The minimum absolute atomic E-state index is 0.138. The van der Waals surface area contributed by atoms with Gasteiger partial charge in [-0.3, -0.25) is 9.59 Å². The maximum atomic E-state index is 12.0. The third-order valence-corrected chi connectivity index (χ3v) is 3.89. The first kappa shape index (κ1) is 16.3. The van der Waals surface area contributed by atoms with E-state index in [1.165, 1.54) is 0 Å². The lowest BCUT2D eigenvalue weighted by Gasteiger charge is -2.26. The summed E-state index contributed by atoms with van der Waals surface area (Å²) >= 11 is 0. The summed E-state index contributed by atoms with van der Waals surface area (Å²) < 4.78 is 0. The van der Waals surface area contributed by atoms with Crippen LogP contribution >= 0.6 is 0 Å². The molecule has 2 saturated heterocycles. The molecule has 2 aliphatic heterocycles. The molecular weight excluding hydrogens is 282 g/mol. The predicted molar refractivity (Wildman–Crippen MR) is 81.6 cm³/mol. The SMILES string of the molecule is N#C/C(=C/N1CCNCC1)C(=O)NCCCN1CCCC1=O. The van der Waals surface area contributed by atoms with Crippen LogP contribution in [-0.2, 0) is 9.59 Å². The average molecular weight is 305 g/mol. The molecule has 2 aliphatic rings. The molecule has 0 aromatic heterocycles. The highest BCUT2D eigenvalue weighted by atomic mass is 16.2. The molecule has 0 saturated carbocycles. The number of nitriles is 1. The Bertz CT molecular complexity index is 477. The molecule has 7 nitrogen and oxygen atoms in total. The Kier molecular flexibility index (Phi) is 6.22. The van der Waals surface area contributed by atoms with Crippen molar-refractivity contribution in [2.75, 3.05) is 45.8 Å². The molecule has 0 aliphatic carbocycles. The number of nitrogens with one attached hydrogen (secondary N) is 2. The zero-order valence-electron chi connectivity index (χ0n) is 12.8. The smallest absolute Gasteiger partial charge is 0.263 e. The summed E-state index contributed by atoms with van der Waals surface area (Å²) in [4.78, 5) is 27.2. The van der Waals surface area contributed by atoms with Gasteiger partial charge in [-0.05, 0) is 12.8 Å². The van der Waals surface area contributed by atoms with E-state index in [4.69, 9.17) is 5.26 Å². The molecule has 0 atom stereocenters. The van der Waals surface area contributed by atoms with Crippen LogP contribution < -0.4 is 10.6 Å². The van der Waals surface area contributed by atoms with E-state index in [-0.39, 0.29) is 17.4 Å². The van der Waals surface area contributed by atoms with E-state index in [0.717, 1.165) is 39.1 Å². The van der Waals surface area contributed by atoms with Gasteiger partial charge in [0.05, 0.1) is 0 Å². The minimum Gasteiger partial charge on any atom is -0.374 e. The second-order valence-corrected chi connectivity index (χ2v) is 5.53. The van der Waals surface area contributed by atoms with Crippen molar-refractivity contribution in [3.8, 4) is 6.07 Å². The van der Waals surface area contributed by atoms with E-state index in [1.54, 1.807) is 6.20 Å². The molecule has 0 aromatic rings. The Morgan fingerprint density at radius 1 is 1.36 bits per heavy atom. The number of hydrogen-bond donors (Lipinski definition) is 2. The summed E-state index contributed by atoms with van der Waals surface area (Å²) in [6.07, 6.45) is 3.92. The van der Waals surface area contributed by atoms with Crippen molar-refractivity contribution in [2.45, 2.75) is 19.3 Å². The second-order valence-electron chi connectivity index (χ2n) is 5.53. The molecular formula is C15H23N5O2. The summed E-state index contributed by atoms with van der Waals surface area (Å²) in [5.74, 6) is -0.142. The van der Waals surface area contributed by atoms with Gasteiger partial charge < -0.3 is 20.4 Å². The zero-order valence-corrected chi connectivity index (χ0v) is 12.8. The first-order valence-corrected chi connectivity index (χ1v) is 7.83. The third kappa shape index (κ3) is 4.74. The fourth-order valence-electron chi connectivity index (χ4n) is 2.64. The first-order valence-electron chi connectivity index (χ1n) is 7.83. The Balaban J connectivity index is 1.71. The summed E-state index contributed by atoms with van der Waals surface area (Å²) in [5.41, 5.74) is 0.138. The van der Waals surface area contributed by atoms with Crippen molar-refractivity contribution in [1.29, 1.82) is 5.26 Å². The largest absolute Gasteiger partial charge is 0.374 e. The van der Waals surface area contributed by atoms with Crippen LogP contribution in [0, 0.1) is 11.3 Å². The Morgan fingerprint density at radius 2 is 2.14 bits per heavy atom. The van der Waals surface area contributed by atoms with Gasteiger partial charge in [0.15, 0.2) is 0 Å². The summed E-state index contributed by atoms with van der Waals surface area (Å²) in [5, 5.41) is 15.1. The highest BCUT2D eigenvalue weighted by molar-refractivity contribution is 5.97. The van der Waals surface area contributed by atoms with Crippen LogP contribution in [0.3, 0.4) is 0 Å². The standard InChI is InChI=1S/C15H23N5O2/c16-11-13(12-19-9-5-17-6-10-19)15(22)18-4-2-8-20-7-1-3-14(20)21/h12,17H,1-10H2,(H,18,22)/b13-12-. The Labute approximate surface area is 130 Å². The van der Waals surface area contributed by atoms with E-state index in [0.29, 0.717) is 25.9 Å². The summed E-state index contributed by atoms with van der Waals surface area (Å²) in [7, 11) is 0. The lowest BCUT2D eigenvalue weighted by Crippen LogP contribution is -2.41. The van der Waals surface area contributed by atoms with E-state index >= 15 is 0 Å². The van der Waals surface area contributed by atoms with Crippen LogP contribution in [0.5, 0.6) is 0 Å². The molecule has 120 valence electrons.